The van der Waals surface area contributed by atoms with E-state index in [1.54, 1.807) is 6.26 Å². The molecule has 0 bridgehead atoms. The van der Waals surface area contributed by atoms with Gasteiger partial charge in [-0.2, -0.15) is 0 Å². The number of esters is 1. The third-order valence-electron chi connectivity index (χ3n) is 9.93. The minimum atomic E-state index is -1.12. The van der Waals surface area contributed by atoms with E-state index in [-0.39, 0.29) is 35.6 Å². The predicted molar refractivity (Wildman–Crippen MR) is 108 cm³/mol. The van der Waals surface area contributed by atoms with Crippen LogP contribution in [0, 0.1) is 28.6 Å². The third kappa shape index (κ3) is 2.43. The van der Waals surface area contributed by atoms with Crippen molar-refractivity contribution in [1.82, 2.24) is 0 Å². The minimum Gasteiger partial charge on any atom is -0.434 e. The summed E-state index contributed by atoms with van der Waals surface area (Å²) < 4.78 is 5.10. The van der Waals surface area contributed by atoms with Crippen molar-refractivity contribution in [3.8, 4) is 0 Å². The number of ether oxygens (including phenoxy) is 1. The molecule has 0 unspecified atom stereocenters. The standard InChI is InChI=1S/C23H33NO6/c1-20-6-3-17-18(23(20,28)9-5-16(20)14-10-19(26)30-12-14)4-8-22(27)11-15(25)2-7-21(17,22)13-24-29/h12-13,15-18,25,27-29H,2-11H2,1H3/b24-13-/t15-,16+,17-,18+,20+,21-,22-,23+/m0/s1. The number of aliphatic hydroxyl groups excluding tert-OH is 1. The highest BCUT2D eigenvalue weighted by Crippen LogP contribution is 2.70. The van der Waals surface area contributed by atoms with Crippen LogP contribution in [0.2, 0.25) is 0 Å². The normalized spacial score (nSPS) is 53.1. The van der Waals surface area contributed by atoms with Crippen molar-refractivity contribution in [1.29, 1.82) is 0 Å². The molecule has 0 radical (unpaired) electrons. The molecular weight excluding hydrogens is 386 g/mol. The van der Waals surface area contributed by atoms with E-state index in [4.69, 9.17) is 4.74 Å². The second kappa shape index (κ2) is 6.53. The van der Waals surface area contributed by atoms with Crippen molar-refractivity contribution in [2.45, 2.75) is 88.4 Å². The molecule has 1 heterocycles. The number of oxime groups is 1. The zero-order valence-electron chi connectivity index (χ0n) is 17.6. The fraction of sp³-hybridized carbons (Fsp3) is 0.826. The maximum absolute atomic E-state index is 12.2. The molecule has 5 aliphatic rings. The monoisotopic (exact) mass is 419 g/mol. The van der Waals surface area contributed by atoms with E-state index >= 15 is 0 Å². The summed E-state index contributed by atoms with van der Waals surface area (Å²) in [5.41, 5.74) is -2.11. The zero-order valence-corrected chi connectivity index (χ0v) is 17.6. The Balaban J connectivity index is 1.52. The Bertz CT molecular complexity index is 812. The molecule has 0 aromatic rings. The molecule has 8 atom stereocenters. The van der Waals surface area contributed by atoms with Crippen molar-refractivity contribution in [2.24, 2.45) is 33.7 Å². The van der Waals surface area contributed by atoms with Crippen molar-refractivity contribution in [2.75, 3.05) is 0 Å². The lowest BCUT2D eigenvalue weighted by atomic mass is 9.41. The van der Waals surface area contributed by atoms with Crippen LogP contribution in [0.1, 0.15) is 71.1 Å². The Morgan fingerprint density at radius 2 is 1.87 bits per heavy atom. The first-order chi connectivity index (χ1) is 14.2. The molecule has 0 amide bonds. The van der Waals surface area contributed by atoms with E-state index in [2.05, 4.69) is 12.1 Å². The number of hydrogen-bond acceptors (Lipinski definition) is 7. The Hall–Kier alpha value is -1.44. The third-order valence-corrected chi connectivity index (χ3v) is 9.93. The summed E-state index contributed by atoms with van der Waals surface area (Å²) in [5, 5.41) is 47.0. The molecule has 0 aromatic carbocycles. The molecule has 4 aliphatic carbocycles. The molecule has 4 saturated carbocycles. The van der Waals surface area contributed by atoms with E-state index in [1.807, 2.05) is 0 Å². The quantitative estimate of drug-likeness (QED) is 0.236. The van der Waals surface area contributed by atoms with Crippen LogP contribution < -0.4 is 0 Å². The highest BCUT2D eigenvalue weighted by Gasteiger charge is 2.71. The van der Waals surface area contributed by atoms with Gasteiger partial charge in [-0.3, -0.25) is 4.79 Å². The summed E-state index contributed by atoms with van der Waals surface area (Å²) in [6.07, 6.45) is 8.50. The van der Waals surface area contributed by atoms with E-state index in [9.17, 15) is 25.3 Å². The summed E-state index contributed by atoms with van der Waals surface area (Å²) in [5.74, 6) is -0.133. The van der Waals surface area contributed by atoms with Gasteiger partial charge in [0.2, 0.25) is 0 Å². The Morgan fingerprint density at radius 1 is 1.10 bits per heavy atom. The number of aliphatic hydroxyl groups is 3. The average Bonchev–Trinajstić information content (AvgIpc) is 3.23. The molecule has 7 nitrogen and oxygen atoms in total. The van der Waals surface area contributed by atoms with Crippen LogP contribution in [0.5, 0.6) is 0 Å². The van der Waals surface area contributed by atoms with Crippen LogP contribution in [-0.4, -0.2) is 50.0 Å². The lowest BCUT2D eigenvalue weighted by Gasteiger charge is -2.65. The Morgan fingerprint density at radius 3 is 2.57 bits per heavy atom. The summed E-state index contributed by atoms with van der Waals surface area (Å²) in [6.45, 7) is 2.16. The maximum Gasteiger partial charge on any atom is 0.314 e. The Kier molecular flexibility index (Phi) is 4.45. The zero-order chi connectivity index (χ0) is 21.4. The number of cyclic esters (lactones) is 1. The van der Waals surface area contributed by atoms with Gasteiger partial charge in [-0.25, -0.2) is 0 Å². The van der Waals surface area contributed by atoms with Crippen molar-refractivity contribution < 1.29 is 30.1 Å². The fourth-order valence-electron chi connectivity index (χ4n) is 8.47. The van der Waals surface area contributed by atoms with Crippen LogP contribution in [0.3, 0.4) is 0 Å². The lowest BCUT2D eigenvalue weighted by Crippen LogP contribution is -2.68. The van der Waals surface area contributed by atoms with E-state index in [0.29, 0.717) is 38.5 Å². The van der Waals surface area contributed by atoms with E-state index < -0.39 is 22.7 Å². The number of rotatable bonds is 2. The van der Waals surface area contributed by atoms with Crippen LogP contribution in [0.4, 0.5) is 0 Å². The Labute approximate surface area is 176 Å². The molecule has 5 rings (SSSR count). The van der Waals surface area contributed by atoms with Gasteiger partial charge in [0.15, 0.2) is 0 Å². The van der Waals surface area contributed by atoms with Gasteiger partial charge >= 0.3 is 5.97 Å². The van der Waals surface area contributed by atoms with Gasteiger partial charge in [-0.05, 0) is 74.7 Å². The van der Waals surface area contributed by atoms with Gasteiger partial charge < -0.3 is 25.3 Å². The second-order valence-electron chi connectivity index (χ2n) is 10.8. The summed E-state index contributed by atoms with van der Waals surface area (Å²) in [7, 11) is 0. The highest BCUT2D eigenvalue weighted by molar-refractivity contribution is 5.76. The fourth-order valence-corrected chi connectivity index (χ4v) is 8.47. The number of fused-ring (bicyclic) bond motifs is 5. The van der Waals surface area contributed by atoms with Crippen molar-refractivity contribution in [3.63, 3.8) is 0 Å². The first-order valence-electron chi connectivity index (χ1n) is 11.4. The molecule has 0 saturated heterocycles. The van der Waals surface area contributed by atoms with Crippen LogP contribution in [0.25, 0.3) is 0 Å². The van der Waals surface area contributed by atoms with E-state index in [0.717, 1.165) is 24.8 Å². The minimum absolute atomic E-state index is 0.00749. The first-order valence-corrected chi connectivity index (χ1v) is 11.4. The largest absolute Gasteiger partial charge is 0.434 e. The number of carbonyl (C=O) groups is 1. The predicted octanol–water partition coefficient (Wildman–Crippen LogP) is 2.51. The number of hydrogen-bond donors (Lipinski definition) is 4. The molecule has 0 spiro atoms. The second-order valence-corrected chi connectivity index (χ2v) is 10.8. The first kappa shape index (κ1) is 20.5. The topological polar surface area (TPSA) is 120 Å². The number of carbonyl (C=O) groups excluding carboxylic acids is 1. The van der Waals surface area contributed by atoms with E-state index in [1.165, 1.54) is 6.21 Å². The van der Waals surface area contributed by atoms with Crippen molar-refractivity contribution >= 4 is 12.2 Å². The maximum atomic E-state index is 12.2. The smallest absolute Gasteiger partial charge is 0.314 e. The molecule has 30 heavy (non-hydrogen) atoms. The summed E-state index contributed by atoms with van der Waals surface area (Å²) >= 11 is 0. The highest BCUT2D eigenvalue weighted by atomic mass is 16.5. The van der Waals surface area contributed by atoms with Gasteiger partial charge in [0.05, 0.1) is 36.2 Å². The van der Waals surface area contributed by atoms with Gasteiger partial charge in [-0.1, -0.05) is 6.92 Å². The van der Waals surface area contributed by atoms with Gasteiger partial charge in [0.25, 0.3) is 0 Å². The summed E-state index contributed by atoms with van der Waals surface area (Å²) in [6, 6.07) is 0. The van der Waals surface area contributed by atoms with Crippen molar-refractivity contribution in [3.05, 3.63) is 11.8 Å². The van der Waals surface area contributed by atoms with Crippen LogP contribution in [-0.2, 0) is 9.53 Å². The molecule has 7 heteroatoms. The van der Waals surface area contributed by atoms with Gasteiger partial charge in [0.1, 0.15) is 0 Å². The van der Waals surface area contributed by atoms with Gasteiger partial charge in [0, 0.05) is 17.3 Å². The number of nitrogens with zero attached hydrogens (tertiary/aromatic N) is 1. The van der Waals surface area contributed by atoms with Gasteiger partial charge in [-0.15, -0.1) is 5.16 Å². The van der Waals surface area contributed by atoms with Crippen LogP contribution in [0.15, 0.2) is 17.0 Å². The molecule has 4 N–H and O–H groups in total. The van der Waals surface area contributed by atoms with Crippen LogP contribution >= 0.6 is 0 Å². The molecule has 1 aliphatic heterocycles. The summed E-state index contributed by atoms with van der Waals surface area (Å²) in [4.78, 5) is 11.7. The molecule has 4 fully saturated rings. The lowest BCUT2D eigenvalue weighted by molar-refractivity contribution is -0.237. The molecular formula is C23H33NO6. The molecule has 0 aromatic heterocycles. The SMILES string of the molecule is C[C@]12CC[C@H]3[C@@H](CC[C@]4(O)C[C@@H](O)CC[C@]34/C=N\O)[C@]1(O)CC[C@@H]2C1=COC(=O)C1. The average molecular weight is 420 g/mol. The molecule has 166 valence electrons.